The first kappa shape index (κ1) is 13.8. The summed E-state index contributed by atoms with van der Waals surface area (Å²) in [5.74, 6) is 0. The monoisotopic (exact) mass is 312 g/mol. The standard InChI is InChI=1S/C14H21BrN2O/c1-10-3-4-13(15)14(7-10)17-11(2)8-12-9-18-6-5-16-12/h3-4,7,11-12,16-17H,5-6,8-9H2,1-2H3. The Labute approximate surface area is 117 Å². The second-order valence-electron chi connectivity index (χ2n) is 4.99. The first-order chi connectivity index (χ1) is 8.65. The number of hydrogen-bond acceptors (Lipinski definition) is 3. The van der Waals surface area contributed by atoms with E-state index in [4.69, 9.17) is 4.74 Å². The summed E-state index contributed by atoms with van der Waals surface area (Å²) in [4.78, 5) is 0. The number of morpholine rings is 1. The van der Waals surface area contributed by atoms with Gasteiger partial charge in [-0.2, -0.15) is 0 Å². The zero-order valence-corrected chi connectivity index (χ0v) is 12.6. The van der Waals surface area contributed by atoms with Gasteiger partial charge >= 0.3 is 0 Å². The van der Waals surface area contributed by atoms with Gasteiger partial charge in [-0.15, -0.1) is 0 Å². The molecule has 0 aromatic heterocycles. The van der Waals surface area contributed by atoms with E-state index in [0.29, 0.717) is 12.1 Å². The number of hydrogen-bond donors (Lipinski definition) is 2. The Morgan fingerprint density at radius 1 is 1.56 bits per heavy atom. The van der Waals surface area contributed by atoms with Crippen molar-refractivity contribution in [3.63, 3.8) is 0 Å². The van der Waals surface area contributed by atoms with Crippen molar-refractivity contribution in [1.82, 2.24) is 5.32 Å². The van der Waals surface area contributed by atoms with Gasteiger partial charge in [0.15, 0.2) is 0 Å². The van der Waals surface area contributed by atoms with E-state index in [2.05, 4.69) is 58.6 Å². The first-order valence-corrected chi connectivity index (χ1v) is 7.28. The van der Waals surface area contributed by atoms with Gasteiger partial charge in [-0.3, -0.25) is 0 Å². The summed E-state index contributed by atoms with van der Waals surface area (Å²) in [5.41, 5.74) is 2.44. The maximum absolute atomic E-state index is 5.48. The van der Waals surface area contributed by atoms with E-state index in [1.54, 1.807) is 0 Å². The molecule has 0 spiro atoms. The molecule has 2 unspecified atom stereocenters. The zero-order valence-electron chi connectivity index (χ0n) is 11.0. The highest BCUT2D eigenvalue weighted by Crippen LogP contribution is 2.24. The number of nitrogens with one attached hydrogen (secondary N) is 2. The second kappa shape index (κ2) is 6.55. The van der Waals surface area contributed by atoms with E-state index in [1.165, 1.54) is 11.3 Å². The van der Waals surface area contributed by atoms with Crippen molar-refractivity contribution in [2.24, 2.45) is 0 Å². The summed E-state index contributed by atoms with van der Waals surface area (Å²) in [5, 5.41) is 7.04. The summed E-state index contributed by atoms with van der Waals surface area (Å²) in [7, 11) is 0. The minimum atomic E-state index is 0.419. The molecule has 1 aliphatic heterocycles. The smallest absolute Gasteiger partial charge is 0.0621 e. The summed E-state index contributed by atoms with van der Waals surface area (Å²) in [6.45, 7) is 6.94. The van der Waals surface area contributed by atoms with Crippen molar-refractivity contribution in [2.75, 3.05) is 25.1 Å². The molecule has 2 atom stereocenters. The molecule has 3 nitrogen and oxygen atoms in total. The molecule has 1 aromatic carbocycles. The summed E-state index contributed by atoms with van der Waals surface area (Å²) in [6.07, 6.45) is 1.07. The largest absolute Gasteiger partial charge is 0.382 e. The molecule has 1 aromatic rings. The van der Waals surface area contributed by atoms with E-state index in [-0.39, 0.29) is 0 Å². The molecule has 1 heterocycles. The Morgan fingerprint density at radius 2 is 2.39 bits per heavy atom. The maximum atomic E-state index is 5.48. The van der Waals surface area contributed by atoms with Crippen LogP contribution in [0.15, 0.2) is 22.7 Å². The van der Waals surface area contributed by atoms with E-state index < -0.39 is 0 Å². The number of halogens is 1. The normalized spacial score (nSPS) is 21.6. The Kier molecular flexibility index (Phi) is 5.03. The molecule has 1 aliphatic rings. The lowest BCUT2D eigenvalue weighted by Crippen LogP contribution is -2.43. The van der Waals surface area contributed by atoms with Crippen LogP contribution in [0.1, 0.15) is 18.9 Å². The Morgan fingerprint density at radius 3 is 3.11 bits per heavy atom. The molecule has 0 aliphatic carbocycles. The third kappa shape index (κ3) is 3.97. The Bertz CT molecular complexity index is 391. The predicted molar refractivity (Wildman–Crippen MR) is 79.2 cm³/mol. The SMILES string of the molecule is Cc1ccc(Br)c(NC(C)CC2COCCN2)c1. The Balaban J connectivity index is 1.89. The lowest BCUT2D eigenvalue weighted by molar-refractivity contribution is 0.0731. The predicted octanol–water partition coefficient (Wildman–Crippen LogP) is 2.94. The molecule has 0 amide bonds. The van der Waals surface area contributed by atoms with Crippen LogP contribution in [0.25, 0.3) is 0 Å². The molecule has 2 rings (SSSR count). The number of rotatable bonds is 4. The fourth-order valence-electron chi connectivity index (χ4n) is 2.27. The molecule has 0 bridgehead atoms. The molecular weight excluding hydrogens is 292 g/mol. The maximum Gasteiger partial charge on any atom is 0.0621 e. The van der Waals surface area contributed by atoms with E-state index >= 15 is 0 Å². The lowest BCUT2D eigenvalue weighted by atomic mass is 10.1. The number of aryl methyl sites for hydroxylation is 1. The molecule has 2 N–H and O–H groups in total. The quantitative estimate of drug-likeness (QED) is 0.897. The highest BCUT2D eigenvalue weighted by molar-refractivity contribution is 9.10. The average Bonchev–Trinajstić information content (AvgIpc) is 2.35. The average molecular weight is 313 g/mol. The van der Waals surface area contributed by atoms with Crippen molar-refractivity contribution >= 4 is 21.6 Å². The molecule has 0 saturated carbocycles. The van der Waals surface area contributed by atoms with Crippen molar-refractivity contribution < 1.29 is 4.74 Å². The fraction of sp³-hybridized carbons (Fsp3) is 0.571. The van der Waals surface area contributed by atoms with Crippen LogP contribution >= 0.6 is 15.9 Å². The van der Waals surface area contributed by atoms with Gasteiger partial charge in [0.25, 0.3) is 0 Å². The van der Waals surface area contributed by atoms with Gasteiger partial charge in [-0.1, -0.05) is 6.07 Å². The number of anilines is 1. The fourth-order valence-corrected chi connectivity index (χ4v) is 2.63. The van der Waals surface area contributed by atoms with E-state index in [0.717, 1.165) is 30.7 Å². The van der Waals surface area contributed by atoms with E-state index in [9.17, 15) is 0 Å². The first-order valence-electron chi connectivity index (χ1n) is 6.49. The third-order valence-electron chi connectivity index (χ3n) is 3.16. The Hall–Kier alpha value is -0.580. The second-order valence-corrected chi connectivity index (χ2v) is 5.84. The minimum absolute atomic E-state index is 0.419. The molecule has 1 fully saturated rings. The van der Waals surface area contributed by atoms with Crippen LogP contribution in [-0.2, 0) is 4.74 Å². The van der Waals surface area contributed by atoms with Gasteiger partial charge in [-0.25, -0.2) is 0 Å². The van der Waals surface area contributed by atoms with Gasteiger partial charge in [0.1, 0.15) is 0 Å². The van der Waals surface area contributed by atoms with Crippen LogP contribution in [0.4, 0.5) is 5.69 Å². The molecule has 4 heteroatoms. The van der Waals surface area contributed by atoms with Gasteiger partial charge in [0.05, 0.1) is 13.2 Å². The highest BCUT2D eigenvalue weighted by Gasteiger charge is 2.16. The van der Waals surface area contributed by atoms with Gasteiger partial charge in [-0.05, 0) is 53.9 Å². The van der Waals surface area contributed by atoms with Crippen LogP contribution in [-0.4, -0.2) is 31.8 Å². The van der Waals surface area contributed by atoms with Crippen LogP contribution in [0.3, 0.4) is 0 Å². The van der Waals surface area contributed by atoms with Crippen molar-refractivity contribution in [2.45, 2.75) is 32.4 Å². The van der Waals surface area contributed by atoms with Crippen molar-refractivity contribution in [1.29, 1.82) is 0 Å². The number of benzene rings is 1. The van der Waals surface area contributed by atoms with Crippen molar-refractivity contribution in [3.8, 4) is 0 Å². The third-order valence-corrected chi connectivity index (χ3v) is 3.85. The van der Waals surface area contributed by atoms with Gasteiger partial charge in [0, 0.05) is 28.8 Å². The molecule has 0 radical (unpaired) electrons. The van der Waals surface area contributed by atoms with Crippen LogP contribution in [0.2, 0.25) is 0 Å². The van der Waals surface area contributed by atoms with Crippen molar-refractivity contribution in [3.05, 3.63) is 28.2 Å². The summed E-state index contributed by atoms with van der Waals surface area (Å²) in [6, 6.07) is 7.25. The molecule has 100 valence electrons. The van der Waals surface area contributed by atoms with E-state index in [1.807, 2.05) is 0 Å². The number of ether oxygens (including phenoxy) is 1. The van der Waals surface area contributed by atoms with Gasteiger partial charge < -0.3 is 15.4 Å². The zero-order chi connectivity index (χ0) is 13.0. The lowest BCUT2D eigenvalue weighted by Gasteiger charge is -2.27. The van der Waals surface area contributed by atoms with Gasteiger partial charge in [0.2, 0.25) is 0 Å². The summed E-state index contributed by atoms with van der Waals surface area (Å²) < 4.78 is 6.59. The molecule has 1 saturated heterocycles. The van der Waals surface area contributed by atoms with Crippen LogP contribution < -0.4 is 10.6 Å². The van der Waals surface area contributed by atoms with Crippen LogP contribution in [0.5, 0.6) is 0 Å². The molecular formula is C14H21BrN2O. The topological polar surface area (TPSA) is 33.3 Å². The van der Waals surface area contributed by atoms with Crippen LogP contribution in [0, 0.1) is 6.92 Å². The molecule has 18 heavy (non-hydrogen) atoms. The minimum Gasteiger partial charge on any atom is -0.382 e. The summed E-state index contributed by atoms with van der Waals surface area (Å²) >= 11 is 3.58. The highest BCUT2D eigenvalue weighted by atomic mass is 79.9.